The summed E-state index contributed by atoms with van der Waals surface area (Å²) in [6.45, 7) is 1.86. The molecule has 0 aromatic heterocycles. The first-order chi connectivity index (χ1) is 16.2. The van der Waals surface area contributed by atoms with Gasteiger partial charge in [0.05, 0.1) is 11.3 Å². The molecule has 0 unspecified atom stereocenters. The zero-order valence-electron chi connectivity index (χ0n) is 18.6. The van der Waals surface area contributed by atoms with Crippen molar-refractivity contribution in [2.45, 2.75) is 6.42 Å². The maximum atomic E-state index is 12.7. The quantitative estimate of drug-likeness (QED) is 0.406. The number of carbonyl (C=O) groups excluding carboxylic acids is 2. The summed E-state index contributed by atoms with van der Waals surface area (Å²) in [6.07, 6.45) is 0.712. The number of nitrogens with one attached hydrogen (secondary N) is 2. The molecule has 3 aromatic carbocycles. The molecule has 7 nitrogen and oxygen atoms in total. The average Bonchev–Trinajstić information content (AvgIpc) is 2.86. The minimum absolute atomic E-state index is 0.247. The van der Waals surface area contributed by atoms with Crippen molar-refractivity contribution < 1.29 is 23.8 Å². The zero-order valence-corrected chi connectivity index (χ0v) is 18.6. The number of amides is 2. The van der Waals surface area contributed by atoms with Gasteiger partial charge in [-0.25, -0.2) is 0 Å². The number of para-hydroxylation sites is 2. The molecule has 0 bridgehead atoms. The summed E-state index contributed by atoms with van der Waals surface area (Å²) in [5.41, 5.74) is 1.31. The van der Waals surface area contributed by atoms with Crippen molar-refractivity contribution in [1.82, 2.24) is 5.32 Å². The number of benzene rings is 3. The van der Waals surface area contributed by atoms with Crippen LogP contribution in [0.5, 0.6) is 11.5 Å². The smallest absolute Gasteiger partial charge is 0.255 e. The normalized spacial score (nSPS) is 10.3. The molecule has 0 fully saturated rings. The first-order valence-corrected chi connectivity index (χ1v) is 10.8. The maximum absolute atomic E-state index is 12.7. The van der Waals surface area contributed by atoms with Crippen molar-refractivity contribution in [2.75, 3.05) is 38.8 Å². The van der Waals surface area contributed by atoms with Crippen LogP contribution in [0.1, 0.15) is 27.1 Å². The van der Waals surface area contributed by atoms with Gasteiger partial charge < -0.3 is 24.8 Å². The molecule has 33 heavy (non-hydrogen) atoms. The van der Waals surface area contributed by atoms with Crippen molar-refractivity contribution in [3.63, 3.8) is 0 Å². The van der Waals surface area contributed by atoms with Crippen LogP contribution in [-0.2, 0) is 4.74 Å². The molecule has 3 rings (SSSR count). The fourth-order valence-electron chi connectivity index (χ4n) is 3.04. The van der Waals surface area contributed by atoms with Gasteiger partial charge in [-0.3, -0.25) is 9.59 Å². The summed E-state index contributed by atoms with van der Waals surface area (Å²) < 4.78 is 16.2. The van der Waals surface area contributed by atoms with Crippen LogP contribution in [-0.4, -0.2) is 45.3 Å². The van der Waals surface area contributed by atoms with Gasteiger partial charge in [0.15, 0.2) is 0 Å². The Kier molecular flexibility index (Phi) is 9.29. The van der Waals surface area contributed by atoms with E-state index in [9.17, 15) is 9.59 Å². The van der Waals surface area contributed by atoms with E-state index in [1.54, 1.807) is 55.6 Å². The van der Waals surface area contributed by atoms with Crippen LogP contribution >= 0.6 is 0 Å². The Morgan fingerprint density at radius 1 is 0.727 bits per heavy atom. The molecule has 0 saturated carbocycles. The predicted octanol–water partition coefficient (Wildman–Crippen LogP) is 4.16. The molecule has 0 aliphatic heterocycles. The Balaban J connectivity index is 1.50. The first kappa shape index (κ1) is 23.8. The molecular weight excluding hydrogens is 420 g/mol. The molecule has 0 spiro atoms. The van der Waals surface area contributed by atoms with Crippen LogP contribution in [0.2, 0.25) is 0 Å². The average molecular weight is 449 g/mol. The third-order valence-electron chi connectivity index (χ3n) is 4.71. The lowest BCUT2D eigenvalue weighted by molar-refractivity contribution is 0.0949. The highest BCUT2D eigenvalue weighted by molar-refractivity contribution is 6.09. The van der Waals surface area contributed by atoms with Crippen LogP contribution < -0.4 is 20.1 Å². The lowest BCUT2D eigenvalue weighted by Crippen LogP contribution is -2.26. The number of methoxy groups -OCH3 is 1. The zero-order chi connectivity index (χ0) is 23.3. The highest BCUT2D eigenvalue weighted by Crippen LogP contribution is 2.18. The van der Waals surface area contributed by atoms with Gasteiger partial charge in [-0.05, 0) is 55.0 Å². The van der Waals surface area contributed by atoms with E-state index >= 15 is 0 Å². The van der Waals surface area contributed by atoms with Gasteiger partial charge >= 0.3 is 0 Å². The molecule has 0 atom stereocenters. The van der Waals surface area contributed by atoms with Crippen molar-refractivity contribution >= 4 is 17.5 Å². The maximum Gasteiger partial charge on any atom is 0.255 e. The lowest BCUT2D eigenvalue weighted by atomic mass is 10.1. The molecule has 0 aliphatic rings. The molecular formula is C26H28N2O5. The van der Waals surface area contributed by atoms with E-state index in [-0.39, 0.29) is 11.8 Å². The minimum Gasteiger partial charge on any atom is -0.490 e. The van der Waals surface area contributed by atoms with E-state index in [1.807, 2.05) is 30.3 Å². The topological polar surface area (TPSA) is 85.9 Å². The fourth-order valence-corrected chi connectivity index (χ4v) is 3.04. The van der Waals surface area contributed by atoms with Gasteiger partial charge in [0.25, 0.3) is 11.8 Å². The Hall–Kier alpha value is -3.84. The highest BCUT2D eigenvalue weighted by atomic mass is 16.5. The Morgan fingerprint density at radius 3 is 2.06 bits per heavy atom. The van der Waals surface area contributed by atoms with Crippen LogP contribution in [0.25, 0.3) is 0 Å². The highest BCUT2D eigenvalue weighted by Gasteiger charge is 2.14. The molecule has 3 aromatic rings. The second-order valence-corrected chi connectivity index (χ2v) is 7.14. The van der Waals surface area contributed by atoms with E-state index < -0.39 is 0 Å². The van der Waals surface area contributed by atoms with Crippen LogP contribution in [0.4, 0.5) is 5.69 Å². The van der Waals surface area contributed by atoms with Crippen LogP contribution in [0.15, 0.2) is 78.9 Å². The summed E-state index contributed by atoms with van der Waals surface area (Å²) in [5.74, 6) is 0.869. The van der Waals surface area contributed by atoms with E-state index in [0.717, 1.165) is 5.75 Å². The number of hydrogen-bond donors (Lipinski definition) is 2. The molecule has 0 radical (unpaired) electrons. The number of ether oxygens (including phenoxy) is 3. The Morgan fingerprint density at radius 2 is 1.36 bits per heavy atom. The number of rotatable bonds is 12. The molecule has 7 heteroatoms. The van der Waals surface area contributed by atoms with Gasteiger partial charge in [0, 0.05) is 25.8 Å². The Bertz CT molecular complexity index is 1020. The third kappa shape index (κ3) is 7.66. The van der Waals surface area contributed by atoms with Crippen molar-refractivity contribution in [2.24, 2.45) is 0 Å². The largest absolute Gasteiger partial charge is 0.490 e. The summed E-state index contributed by atoms with van der Waals surface area (Å²) in [7, 11) is 1.62. The third-order valence-corrected chi connectivity index (χ3v) is 4.71. The van der Waals surface area contributed by atoms with Crippen molar-refractivity contribution in [1.29, 1.82) is 0 Å². The first-order valence-electron chi connectivity index (χ1n) is 10.8. The standard InChI is InChI=1S/C26H28N2O5/c1-31-17-7-16-27-26(30)23-10-5-6-11-24(23)28-25(29)20-12-14-22(15-13-20)33-19-18-32-21-8-3-2-4-9-21/h2-6,8-15H,7,16-19H2,1H3,(H,27,30)(H,28,29). The van der Waals surface area contributed by atoms with Crippen molar-refractivity contribution in [3.05, 3.63) is 90.0 Å². The van der Waals surface area contributed by atoms with Crippen molar-refractivity contribution in [3.8, 4) is 11.5 Å². The summed E-state index contributed by atoms with van der Waals surface area (Å²) in [4.78, 5) is 25.2. The van der Waals surface area contributed by atoms with E-state index in [0.29, 0.717) is 55.4 Å². The van der Waals surface area contributed by atoms with Gasteiger partial charge in [0.2, 0.25) is 0 Å². The molecule has 2 amide bonds. The predicted molar refractivity (Wildman–Crippen MR) is 127 cm³/mol. The van der Waals surface area contributed by atoms with Gasteiger partial charge in [0.1, 0.15) is 24.7 Å². The molecule has 0 heterocycles. The van der Waals surface area contributed by atoms with E-state index in [1.165, 1.54) is 0 Å². The van der Waals surface area contributed by atoms with E-state index in [4.69, 9.17) is 14.2 Å². The van der Waals surface area contributed by atoms with Gasteiger partial charge in [-0.1, -0.05) is 30.3 Å². The van der Waals surface area contributed by atoms with Crippen LogP contribution in [0, 0.1) is 0 Å². The molecule has 2 N–H and O–H groups in total. The monoisotopic (exact) mass is 448 g/mol. The molecule has 0 saturated heterocycles. The molecule has 0 aliphatic carbocycles. The lowest BCUT2D eigenvalue weighted by Gasteiger charge is -2.12. The van der Waals surface area contributed by atoms with Crippen LogP contribution in [0.3, 0.4) is 0 Å². The number of carbonyl (C=O) groups is 2. The number of hydrogen-bond acceptors (Lipinski definition) is 5. The minimum atomic E-state index is -0.311. The summed E-state index contributed by atoms with van der Waals surface area (Å²) >= 11 is 0. The van der Waals surface area contributed by atoms with Gasteiger partial charge in [-0.2, -0.15) is 0 Å². The Labute approximate surface area is 193 Å². The molecule has 172 valence electrons. The van der Waals surface area contributed by atoms with Gasteiger partial charge in [-0.15, -0.1) is 0 Å². The summed E-state index contributed by atoms with van der Waals surface area (Å²) in [5, 5.41) is 5.65. The second kappa shape index (κ2) is 12.9. The second-order valence-electron chi connectivity index (χ2n) is 7.14. The summed E-state index contributed by atoms with van der Waals surface area (Å²) in [6, 6.07) is 23.2. The SMILES string of the molecule is COCCCNC(=O)c1ccccc1NC(=O)c1ccc(OCCOc2ccccc2)cc1. The fraction of sp³-hybridized carbons (Fsp3) is 0.231. The number of anilines is 1. The van der Waals surface area contributed by atoms with E-state index in [2.05, 4.69) is 10.6 Å².